The summed E-state index contributed by atoms with van der Waals surface area (Å²) in [6, 6.07) is 13.3. The summed E-state index contributed by atoms with van der Waals surface area (Å²) in [4.78, 5) is 15.6. The first kappa shape index (κ1) is 17.5. The van der Waals surface area contributed by atoms with Gasteiger partial charge in [-0.25, -0.2) is 4.98 Å². The van der Waals surface area contributed by atoms with Gasteiger partial charge in [0.1, 0.15) is 22.8 Å². The van der Waals surface area contributed by atoms with E-state index in [0.29, 0.717) is 17.2 Å². The average Bonchev–Trinajstić information content (AvgIpc) is 2.65. The van der Waals surface area contributed by atoms with E-state index in [1.54, 1.807) is 20.3 Å². The normalized spacial score (nSPS) is 10.6. The van der Waals surface area contributed by atoms with E-state index in [2.05, 4.69) is 4.98 Å². The molecular formula is C20H20N2O4. The van der Waals surface area contributed by atoms with Crippen LogP contribution in [0.15, 0.2) is 42.5 Å². The molecule has 6 nitrogen and oxygen atoms in total. The Bertz CT molecular complexity index is 969. The Morgan fingerprint density at radius 1 is 1.04 bits per heavy atom. The number of nitrogens with two attached hydrogens (primary N) is 1. The molecule has 3 rings (SSSR count). The highest BCUT2D eigenvalue weighted by atomic mass is 16.5. The summed E-state index contributed by atoms with van der Waals surface area (Å²) in [6.45, 7) is 1.74. The van der Waals surface area contributed by atoms with Crippen LogP contribution in [0, 0.1) is 6.92 Å². The van der Waals surface area contributed by atoms with Crippen LogP contribution in [0.25, 0.3) is 22.0 Å². The van der Waals surface area contributed by atoms with Gasteiger partial charge in [0.05, 0.1) is 14.2 Å². The lowest BCUT2D eigenvalue weighted by Crippen LogP contribution is -2.20. The number of methoxy groups -OCH3 is 2. The monoisotopic (exact) mass is 352 g/mol. The van der Waals surface area contributed by atoms with Crippen LogP contribution in [0.2, 0.25) is 0 Å². The number of aromatic nitrogens is 1. The molecule has 26 heavy (non-hydrogen) atoms. The number of benzene rings is 2. The lowest BCUT2D eigenvalue weighted by Gasteiger charge is -2.13. The van der Waals surface area contributed by atoms with E-state index in [4.69, 9.17) is 19.9 Å². The second-order valence-electron chi connectivity index (χ2n) is 5.82. The van der Waals surface area contributed by atoms with Crippen molar-refractivity contribution in [3.63, 3.8) is 0 Å². The third kappa shape index (κ3) is 3.54. The molecule has 0 saturated carbocycles. The second-order valence-corrected chi connectivity index (χ2v) is 5.82. The summed E-state index contributed by atoms with van der Waals surface area (Å²) in [5.41, 5.74) is 8.69. The third-order valence-electron chi connectivity index (χ3n) is 3.99. The number of carbonyl (C=O) groups is 1. The minimum Gasteiger partial charge on any atom is -0.497 e. The molecule has 0 saturated heterocycles. The summed E-state index contributed by atoms with van der Waals surface area (Å²) < 4.78 is 16.3. The van der Waals surface area contributed by atoms with Crippen molar-refractivity contribution < 1.29 is 19.0 Å². The largest absolute Gasteiger partial charge is 0.497 e. The first-order valence-electron chi connectivity index (χ1n) is 8.06. The highest BCUT2D eigenvalue weighted by Gasteiger charge is 2.12. The van der Waals surface area contributed by atoms with Gasteiger partial charge in [-0.1, -0.05) is 6.07 Å². The van der Waals surface area contributed by atoms with Crippen molar-refractivity contribution in [3.05, 3.63) is 48.2 Å². The molecule has 0 unspecified atom stereocenters. The van der Waals surface area contributed by atoms with E-state index in [1.165, 1.54) is 0 Å². The van der Waals surface area contributed by atoms with Crippen molar-refractivity contribution in [1.82, 2.24) is 4.98 Å². The Kier molecular flexibility index (Phi) is 4.93. The molecule has 0 aliphatic heterocycles. The fourth-order valence-corrected chi connectivity index (χ4v) is 2.79. The number of amides is 1. The zero-order valence-corrected chi connectivity index (χ0v) is 14.9. The number of hydrogen-bond donors (Lipinski definition) is 1. The van der Waals surface area contributed by atoms with E-state index in [1.807, 2.05) is 43.3 Å². The lowest BCUT2D eigenvalue weighted by molar-refractivity contribution is -0.119. The molecule has 1 amide bonds. The maximum absolute atomic E-state index is 11.0. The summed E-state index contributed by atoms with van der Waals surface area (Å²) in [6.07, 6.45) is 0. The number of carbonyl (C=O) groups excluding carboxylic acids is 1. The molecule has 2 aromatic carbocycles. The van der Waals surface area contributed by atoms with E-state index in [-0.39, 0.29) is 6.61 Å². The van der Waals surface area contributed by atoms with Crippen LogP contribution in [-0.2, 0) is 4.79 Å². The Balaban J connectivity index is 2.16. The van der Waals surface area contributed by atoms with Crippen molar-refractivity contribution in [3.8, 4) is 28.4 Å². The van der Waals surface area contributed by atoms with Gasteiger partial charge < -0.3 is 19.9 Å². The van der Waals surface area contributed by atoms with Crippen molar-refractivity contribution >= 4 is 16.8 Å². The third-order valence-corrected chi connectivity index (χ3v) is 3.99. The number of pyridine rings is 1. The van der Waals surface area contributed by atoms with E-state index in [0.717, 1.165) is 27.7 Å². The van der Waals surface area contributed by atoms with Crippen molar-refractivity contribution in [2.24, 2.45) is 5.73 Å². The van der Waals surface area contributed by atoms with Gasteiger partial charge >= 0.3 is 0 Å². The molecular weight excluding hydrogens is 332 g/mol. The maximum Gasteiger partial charge on any atom is 0.255 e. The lowest BCUT2D eigenvalue weighted by atomic mass is 9.99. The van der Waals surface area contributed by atoms with E-state index >= 15 is 0 Å². The Morgan fingerprint density at radius 2 is 1.81 bits per heavy atom. The zero-order chi connectivity index (χ0) is 18.7. The van der Waals surface area contributed by atoms with Crippen LogP contribution in [0.5, 0.6) is 17.2 Å². The number of aryl methyl sites for hydroxylation is 1. The molecule has 0 atom stereocenters. The molecule has 1 aromatic heterocycles. The van der Waals surface area contributed by atoms with E-state index < -0.39 is 5.91 Å². The van der Waals surface area contributed by atoms with Crippen molar-refractivity contribution in [2.45, 2.75) is 6.92 Å². The Labute approximate surface area is 151 Å². The molecule has 6 heteroatoms. The van der Waals surface area contributed by atoms with Gasteiger partial charge in [0.25, 0.3) is 5.91 Å². The van der Waals surface area contributed by atoms with Gasteiger partial charge in [-0.15, -0.1) is 0 Å². The summed E-state index contributed by atoms with van der Waals surface area (Å²) >= 11 is 0. The van der Waals surface area contributed by atoms with Gasteiger partial charge in [-0.2, -0.15) is 0 Å². The van der Waals surface area contributed by atoms with Crippen LogP contribution < -0.4 is 19.9 Å². The highest BCUT2D eigenvalue weighted by molar-refractivity contribution is 5.98. The van der Waals surface area contributed by atoms with Crippen LogP contribution in [0.1, 0.15) is 5.69 Å². The van der Waals surface area contributed by atoms with Gasteiger partial charge in [-0.05, 0) is 48.4 Å². The molecule has 3 aromatic rings. The minimum absolute atomic E-state index is 0.198. The molecule has 0 aliphatic rings. The molecule has 0 aliphatic carbocycles. The summed E-state index contributed by atoms with van der Waals surface area (Å²) in [5.74, 6) is 1.29. The standard InChI is InChI=1S/C20H20N2O4/c1-12-4-5-17-16(6-7-18(25-3)20(17)22-12)13-8-14(24-2)10-15(9-13)26-11-19(21)23/h4-10H,11H2,1-3H3,(H2,21,23). The summed E-state index contributed by atoms with van der Waals surface area (Å²) in [5, 5.41) is 0.948. The molecule has 134 valence electrons. The van der Waals surface area contributed by atoms with Crippen LogP contribution in [0.3, 0.4) is 0 Å². The number of nitrogens with zero attached hydrogens (tertiary/aromatic N) is 1. The van der Waals surface area contributed by atoms with Gasteiger partial charge in [0.2, 0.25) is 0 Å². The fourth-order valence-electron chi connectivity index (χ4n) is 2.79. The maximum atomic E-state index is 11.0. The fraction of sp³-hybridized carbons (Fsp3) is 0.200. The zero-order valence-electron chi connectivity index (χ0n) is 14.9. The van der Waals surface area contributed by atoms with E-state index in [9.17, 15) is 4.79 Å². The molecule has 0 fully saturated rings. The molecule has 0 spiro atoms. The quantitative estimate of drug-likeness (QED) is 0.737. The molecule has 1 heterocycles. The Hall–Kier alpha value is -3.28. The van der Waals surface area contributed by atoms with Gasteiger partial charge in [0, 0.05) is 17.1 Å². The van der Waals surface area contributed by atoms with Gasteiger partial charge in [-0.3, -0.25) is 4.79 Å². The first-order valence-corrected chi connectivity index (χ1v) is 8.06. The van der Waals surface area contributed by atoms with Crippen molar-refractivity contribution in [1.29, 1.82) is 0 Å². The van der Waals surface area contributed by atoms with Gasteiger partial charge in [0.15, 0.2) is 6.61 Å². The van der Waals surface area contributed by atoms with Crippen LogP contribution in [0.4, 0.5) is 0 Å². The van der Waals surface area contributed by atoms with Crippen LogP contribution >= 0.6 is 0 Å². The number of fused-ring (bicyclic) bond motifs is 1. The first-order chi connectivity index (χ1) is 12.5. The average molecular weight is 352 g/mol. The number of ether oxygens (including phenoxy) is 3. The SMILES string of the molecule is COc1cc(OCC(N)=O)cc(-c2ccc(OC)c3nc(C)ccc23)c1. The topological polar surface area (TPSA) is 83.7 Å². The number of rotatable bonds is 6. The number of hydrogen-bond acceptors (Lipinski definition) is 5. The predicted octanol–water partition coefficient (Wildman–Crippen LogP) is 3.09. The smallest absolute Gasteiger partial charge is 0.255 e. The Morgan fingerprint density at radius 3 is 2.50 bits per heavy atom. The van der Waals surface area contributed by atoms with Crippen molar-refractivity contribution in [2.75, 3.05) is 20.8 Å². The highest BCUT2D eigenvalue weighted by Crippen LogP contribution is 2.36. The van der Waals surface area contributed by atoms with Crippen LogP contribution in [-0.4, -0.2) is 31.7 Å². The predicted molar refractivity (Wildman–Crippen MR) is 99.7 cm³/mol. The molecule has 0 bridgehead atoms. The summed E-state index contributed by atoms with van der Waals surface area (Å²) in [7, 11) is 3.20. The minimum atomic E-state index is -0.538. The second kappa shape index (κ2) is 7.31. The number of primary amides is 1. The molecule has 2 N–H and O–H groups in total. The molecule has 0 radical (unpaired) electrons.